The minimum Gasteiger partial charge on any atom is -0.496 e. The van der Waals surface area contributed by atoms with E-state index >= 15 is 0 Å². The van der Waals surface area contributed by atoms with Crippen molar-refractivity contribution >= 4 is 31.9 Å². The van der Waals surface area contributed by atoms with Crippen LogP contribution in [0.2, 0.25) is 0 Å². The maximum atomic E-state index is 5.39. The van der Waals surface area contributed by atoms with Crippen molar-refractivity contribution in [2.45, 2.75) is 19.5 Å². The Bertz CT molecular complexity index is 590. The number of methoxy groups -OCH3 is 1. The van der Waals surface area contributed by atoms with Crippen LogP contribution in [0, 0.1) is 0 Å². The number of nitrogens with zero attached hydrogens (tertiary/aromatic N) is 1. The van der Waals surface area contributed by atoms with Gasteiger partial charge in [0, 0.05) is 33.3 Å². The molecule has 0 aliphatic rings. The van der Waals surface area contributed by atoms with Gasteiger partial charge in [0.05, 0.1) is 12.8 Å². The van der Waals surface area contributed by atoms with E-state index in [0.29, 0.717) is 6.54 Å². The summed E-state index contributed by atoms with van der Waals surface area (Å²) in [6.07, 6.45) is 1.80. The van der Waals surface area contributed by atoms with Crippen molar-refractivity contribution in [2.75, 3.05) is 7.11 Å². The second-order valence-electron chi connectivity index (χ2n) is 4.43. The quantitative estimate of drug-likeness (QED) is 0.805. The lowest BCUT2D eigenvalue weighted by Crippen LogP contribution is -2.19. The molecule has 0 bridgehead atoms. The molecule has 0 fully saturated rings. The molecule has 0 spiro atoms. The zero-order valence-corrected chi connectivity index (χ0v) is 14.5. The van der Waals surface area contributed by atoms with E-state index in [1.807, 2.05) is 24.3 Å². The molecule has 0 amide bonds. The maximum absolute atomic E-state index is 5.39. The van der Waals surface area contributed by atoms with Gasteiger partial charge >= 0.3 is 0 Å². The highest BCUT2D eigenvalue weighted by Crippen LogP contribution is 2.25. The molecule has 0 saturated heterocycles. The first-order valence-electron chi connectivity index (χ1n) is 6.28. The lowest BCUT2D eigenvalue weighted by atomic mass is 10.1. The third kappa shape index (κ3) is 3.81. The third-order valence-corrected chi connectivity index (χ3v) is 4.19. The number of aromatic nitrogens is 1. The molecule has 0 radical (unpaired) electrons. The van der Waals surface area contributed by atoms with Crippen LogP contribution < -0.4 is 10.1 Å². The van der Waals surface area contributed by atoms with Crippen LogP contribution in [-0.2, 0) is 6.54 Å². The molecule has 0 aliphatic heterocycles. The van der Waals surface area contributed by atoms with Gasteiger partial charge in [-0.25, -0.2) is 0 Å². The molecule has 5 heteroatoms. The lowest BCUT2D eigenvalue weighted by Gasteiger charge is -2.17. The molecule has 3 nitrogen and oxygen atoms in total. The van der Waals surface area contributed by atoms with Gasteiger partial charge in [-0.1, -0.05) is 18.2 Å². The summed E-state index contributed by atoms with van der Waals surface area (Å²) in [5.41, 5.74) is 2.12. The first kappa shape index (κ1) is 15.5. The average molecular weight is 400 g/mol. The lowest BCUT2D eigenvalue weighted by molar-refractivity contribution is 0.401. The average Bonchev–Trinajstić information content (AvgIpc) is 2.46. The standard InChI is InChI=1S/C15H16Br2N2O/c1-10(12-5-3-4-6-15(12)20-2)18-9-14-13(17)7-11(16)8-19-14/h3-8,10,18H,9H2,1-2H3. The molecule has 1 N–H and O–H groups in total. The molecular formula is C15H16Br2N2O. The smallest absolute Gasteiger partial charge is 0.123 e. The number of nitrogens with one attached hydrogen (secondary N) is 1. The Morgan fingerprint density at radius 1 is 1.30 bits per heavy atom. The summed E-state index contributed by atoms with van der Waals surface area (Å²) in [4.78, 5) is 4.40. The van der Waals surface area contributed by atoms with Crippen molar-refractivity contribution in [3.63, 3.8) is 0 Å². The molecule has 20 heavy (non-hydrogen) atoms. The summed E-state index contributed by atoms with van der Waals surface area (Å²) in [7, 11) is 1.69. The molecule has 2 rings (SSSR count). The fourth-order valence-corrected chi connectivity index (χ4v) is 3.08. The van der Waals surface area contributed by atoms with Crippen molar-refractivity contribution in [1.82, 2.24) is 10.3 Å². The van der Waals surface area contributed by atoms with Crippen LogP contribution in [0.5, 0.6) is 5.75 Å². The fraction of sp³-hybridized carbons (Fsp3) is 0.267. The number of hydrogen-bond donors (Lipinski definition) is 1. The predicted octanol–water partition coefficient (Wildman–Crippen LogP) is 4.47. The summed E-state index contributed by atoms with van der Waals surface area (Å²) in [5, 5.41) is 3.46. The van der Waals surface area contributed by atoms with Crippen LogP contribution in [0.3, 0.4) is 0 Å². The molecule has 1 unspecified atom stereocenters. The summed E-state index contributed by atoms with van der Waals surface area (Å²) < 4.78 is 7.34. The fourth-order valence-electron chi connectivity index (χ4n) is 1.96. The molecular weight excluding hydrogens is 384 g/mol. The Morgan fingerprint density at radius 3 is 2.75 bits per heavy atom. The monoisotopic (exact) mass is 398 g/mol. The normalized spacial score (nSPS) is 12.2. The van der Waals surface area contributed by atoms with Gasteiger partial charge in [0.1, 0.15) is 5.75 Å². The Labute approximate surface area is 136 Å². The van der Waals surface area contributed by atoms with Gasteiger partial charge in [-0.3, -0.25) is 4.98 Å². The highest BCUT2D eigenvalue weighted by molar-refractivity contribution is 9.11. The van der Waals surface area contributed by atoms with Crippen LogP contribution in [0.1, 0.15) is 24.2 Å². The number of hydrogen-bond acceptors (Lipinski definition) is 3. The van der Waals surface area contributed by atoms with E-state index < -0.39 is 0 Å². The minimum atomic E-state index is 0.184. The van der Waals surface area contributed by atoms with E-state index in [0.717, 1.165) is 26.0 Å². The Morgan fingerprint density at radius 2 is 2.05 bits per heavy atom. The van der Waals surface area contributed by atoms with Gasteiger partial charge in [-0.15, -0.1) is 0 Å². The SMILES string of the molecule is COc1ccccc1C(C)NCc1ncc(Br)cc1Br. The summed E-state index contributed by atoms with van der Waals surface area (Å²) in [5.74, 6) is 0.898. The maximum Gasteiger partial charge on any atom is 0.123 e. The Hall–Kier alpha value is -0.910. The van der Waals surface area contributed by atoms with E-state index in [2.05, 4.69) is 55.2 Å². The summed E-state index contributed by atoms with van der Waals surface area (Å²) in [6, 6.07) is 10.2. The van der Waals surface area contributed by atoms with E-state index in [9.17, 15) is 0 Å². The summed E-state index contributed by atoms with van der Waals surface area (Å²) in [6.45, 7) is 2.80. The van der Waals surface area contributed by atoms with Crippen LogP contribution >= 0.6 is 31.9 Å². The number of ether oxygens (including phenoxy) is 1. The van der Waals surface area contributed by atoms with E-state index in [1.54, 1.807) is 13.3 Å². The third-order valence-electron chi connectivity index (χ3n) is 3.07. The number of para-hydroxylation sites is 1. The topological polar surface area (TPSA) is 34.1 Å². The van der Waals surface area contributed by atoms with Gasteiger partial charge < -0.3 is 10.1 Å². The highest BCUT2D eigenvalue weighted by Gasteiger charge is 2.11. The zero-order valence-electron chi connectivity index (χ0n) is 11.4. The molecule has 0 saturated carbocycles. The second kappa shape index (κ2) is 7.20. The minimum absolute atomic E-state index is 0.184. The van der Waals surface area contributed by atoms with Crippen molar-refractivity contribution in [3.05, 3.63) is 56.7 Å². The number of halogens is 2. The van der Waals surface area contributed by atoms with Crippen molar-refractivity contribution in [1.29, 1.82) is 0 Å². The second-order valence-corrected chi connectivity index (χ2v) is 6.20. The van der Waals surface area contributed by atoms with Gasteiger partial charge in [-0.05, 0) is 50.9 Å². The zero-order chi connectivity index (χ0) is 14.5. The van der Waals surface area contributed by atoms with Crippen LogP contribution in [0.4, 0.5) is 0 Å². The van der Waals surface area contributed by atoms with E-state index in [-0.39, 0.29) is 6.04 Å². The van der Waals surface area contributed by atoms with Gasteiger partial charge in [-0.2, -0.15) is 0 Å². The Kier molecular flexibility index (Phi) is 5.57. The van der Waals surface area contributed by atoms with Crippen LogP contribution in [0.25, 0.3) is 0 Å². The van der Waals surface area contributed by atoms with Crippen LogP contribution in [-0.4, -0.2) is 12.1 Å². The molecule has 0 aliphatic carbocycles. The Balaban J connectivity index is 2.06. The molecule has 1 aromatic carbocycles. The molecule has 106 valence electrons. The highest BCUT2D eigenvalue weighted by atomic mass is 79.9. The van der Waals surface area contributed by atoms with Crippen molar-refractivity contribution < 1.29 is 4.74 Å². The van der Waals surface area contributed by atoms with Crippen molar-refractivity contribution in [3.8, 4) is 5.75 Å². The largest absolute Gasteiger partial charge is 0.496 e. The molecule has 2 aromatic rings. The van der Waals surface area contributed by atoms with Crippen molar-refractivity contribution in [2.24, 2.45) is 0 Å². The van der Waals surface area contributed by atoms with E-state index in [1.165, 1.54) is 0 Å². The first-order chi connectivity index (χ1) is 9.61. The number of pyridine rings is 1. The van der Waals surface area contributed by atoms with Gasteiger partial charge in [0.25, 0.3) is 0 Å². The number of benzene rings is 1. The molecule has 1 heterocycles. The first-order valence-corrected chi connectivity index (χ1v) is 7.86. The summed E-state index contributed by atoms with van der Waals surface area (Å²) >= 11 is 6.93. The van der Waals surface area contributed by atoms with Crippen LogP contribution in [0.15, 0.2) is 45.5 Å². The predicted molar refractivity (Wildman–Crippen MR) is 87.9 cm³/mol. The van der Waals surface area contributed by atoms with Gasteiger partial charge in [0.15, 0.2) is 0 Å². The van der Waals surface area contributed by atoms with E-state index in [4.69, 9.17) is 4.74 Å². The molecule has 1 atom stereocenters. The number of rotatable bonds is 5. The molecule has 1 aromatic heterocycles. The van der Waals surface area contributed by atoms with Gasteiger partial charge in [0.2, 0.25) is 0 Å².